The van der Waals surface area contributed by atoms with E-state index in [9.17, 15) is 9.59 Å². The Morgan fingerprint density at radius 3 is 2.75 bits per heavy atom. The topological polar surface area (TPSA) is 57.6 Å². The van der Waals surface area contributed by atoms with E-state index in [-0.39, 0.29) is 11.5 Å². The van der Waals surface area contributed by atoms with Crippen LogP contribution in [0.2, 0.25) is 5.02 Å². The SMILES string of the molecule is O=C(O)c1ccc(Cl)cc1N1CCCC1=O. The molecule has 1 heterocycles. The quantitative estimate of drug-likeness (QED) is 0.861. The van der Waals surface area contributed by atoms with E-state index in [0.717, 1.165) is 6.42 Å². The molecule has 1 aliphatic heterocycles. The van der Waals surface area contributed by atoms with Crippen molar-refractivity contribution in [2.45, 2.75) is 12.8 Å². The average Bonchev–Trinajstić information content (AvgIpc) is 2.63. The number of carboxylic acids is 1. The number of benzene rings is 1. The summed E-state index contributed by atoms with van der Waals surface area (Å²) in [5.74, 6) is -1.10. The first-order valence-corrected chi connectivity index (χ1v) is 5.30. The summed E-state index contributed by atoms with van der Waals surface area (Å²) in [7, 11) is 0. The Morgan fingerprint density at radius 2 is 2.19 bits per heavy atom. The number of carbonyl (C=O) groups is 2. The summed E-state index contributed by atoms with van der Waals surface area (Å²) in [6.45, 7) is 0.555. The fraction of sp³-hybridized carbons (Fsp3) is 0.273. The highest BCUT2D eigenvalue weighted by atomic mass is 35.5. The minimum absolute atomic E-state index is 0.0511. The molecule has 1 N–H and O–H groups in total. The van der Waals surface area contributed by atoms with E-state index in [2.05, 4.69) is 0 Å². The summed E-state index contributed by atoms with van der Waals surface area (Å²) in [6, 6.07) is 4.45. The van der Waals surface area contributed by atoms with Crippen LogP contribution in [0.25, 0.3) is 0 Å². The summed E-state index contributed by atoms with van der Waals surface area (Å²) in [5.41, 5.74) is 0.502. The number of carbonyl (C=O) groups excluding carboxylic acids is 1. The highest BCUT2D eigenvalue weighted by molar-refractivity contribution is 6.31. The zero-order valence-electron chi connectivity index (χ0n) is 8.44. The Bertz CT molecular complexity index is 459. The lowest BCUT2D eigenvalue weighted by Crippen LogP contribution is -2.25. The van der Waals surface area contributed by atoms with Gasteiger partial charge in [-0.2, -0.15) is 0 Å². The van der Waals surface area contributed by atoms with Gasteiger partial charge in [-0.05, 0) is 24.6 Å². The van der Waals surface area contributed by atoms with E-state index < -0.39 is 5.97 Å². The number of rotatable bonds is 2. The van der Waals surface area contributed by atoms with Crippen LogP contribution in [-0.4, -0.2) is 23.5 Å². The molecule has 16 heavy (non-hydrogen) atoms. The summed E-state index contributed by atoms with van der Waals surface area (Å²) < 4.78 is 0. The van der Waals surface area contributed by atoms with E-state index >= 15 is 0 Å². The second-order valence-electron chi connectivity index (χ2n) is 3.62. The molecule has 0 saturated carbocycles. The van der Waals surface area contributed by atoms with Gasteiger partial charge in [-0.3, -0.25) is 4.79 Å². The molecule has 0 aliphatic carbocycles. The van der Waals surface area contributed by atoms with E-state index in [1.807, 2.05) is 0 Å². The third-order valence-corrected chi connectivity index (χ3v) is 2.79. The van der Waals surface area contributed by atoms with E-state index in [4.69, 9.17) is 16.7 Å². The molecule has 0 spiro atoms. The van der Waals surface area contributed by atoms with Crippen molar-refractivity contribution in [2.24, 2.45) is 0 Å². The first-order valence-electron chi connectivity index (χ1n) is 4.93. The largest absolute Gasteiger partial charge is 0.478 e. The van der Waals surface area contributed by atoms with Crippen molar-refractivity contribution in [2.75, 3.05) is 11.4 Å². The Hall–Kier alpha value is -1.55. The molecule has 0 atom stereocenters. The van der Waals surface area contributed by atoms with Crippen molar-refractivity contribution in [3.63, 3.8) is 0 Å². The van der Waals surface area contributed by atoms with Crippen LogP contribution in [0.4, 0.5) is 5.69 Å². The molecule has 0 bridgehead atoms. The standard InChI is InChI=1S/C11H10ClNO3/c12-7-3-4-8(11(15)16)9(6-7)13-5-1-2-10(13)14/h3-4,6H,1-2,5H2,(H,15,16). The average molecular weight is 240 g/mol. The smallest absolute Gasteiger partial charge is 0.337 e. The second kappa shape index (κ2) is 4.14. The van der Waals surface area contributed by atoms with Gasteiger partial charge in [-0.1, -0.05) is 11.6 Å². The Balaban J connectivity index is 2.48. The van der Waals surface area contributed by atoms with Gasteiger partial charge >= 0.3 is 5.97 Å². The summed E-state index contributed by atoms with van der Waals surface area (Å²) >= 11 is 5.82. The monoisotopic (exact) mass is 239 g/mol. The van der Waals surface area contributed by atoms with Crippen LogP contribution in [0.1, 0.15) is 23.2 Å². The maximum atomic E-state index is 11.6. The van der Waals surface area contributed by atoms with Gasteiger partial charge in [-0.15, -0.1) is 0 Å². The Kier molecular flexibility index (Phi) is 2.83. The van der Waals surface area contributed by atoms with Crippen molar-refractivity contribution in [3.05, 3.63) is 28.8 Å². The zero-order chi connectivity index (χ0) is 11.7. The maximum Gasteiger partial charge on any atom is 0.337 e. The van der Waals surface area contributed by atoms with Gasteiger partial charge in [0, 0.05) is 18.0 Å². The fourth-order valence-corrected chi connectivity index (χ4v) is 1.98. The van der Waals surface area contributed by atoms with Crippen LogP contribution in [0.5, 0.6) is 0 Å². The number of carboxylic acid groups (broad SMARTS) is 1. The first kappa shape index (κ1) is 11.0. The lowest BCUT2D eigenvalue weighted by molar-refractivity contribution is -0.117. The van der Waals surface area contributed by atoms with Crippen LogP contribution in [-0.2, 0) is 4.79 Å². The number of aromatic carboxylic acids is 1. The lowest BCUT2D eigenvalue weighted by atomic mass is 10.1. The molecule has 1 aromatic carbocycles. The molecule has 1 aromatic rings. The van der Waals surface area contributed by atoms with Gasteiger partial charge in [0.25, 0.3) is 0 Å². The Labute approximate surface area is 97.4 Å². The highest BCUT2D eigenvalue weighted by Gasteiger charge is 2.25. The van der Waals surface area contributed by atoms with Crippen LogP contribution >= 0.6 is 11.6 Å². The first-order chi connectivity index (χ1) is 7.59. The molecular formula is C11H10ClNO3. The molecular weight excluding hydrogens is 230 g/mol. The number of anilines is 1. The molecule has 2 rings (SSSR count). The molecule has 0 radical (unpaired) electrons. The third-order valence-electron chi connectivity index (χ3n) is 2.55. The van der Waals surface area contributed by atoms with Crippen molar-refractivity contribution < 1.29 is 14.7 Å². The predicted octanol–water partition coefficient (Wildman–Crippen LogP) is 2.17. The number of hydrogen-bond donors (Lipinski definition) is 1. The van der Waals surface area contributed by atoms with Crippen LogP contribution in [0.15, 0.2) is 18.2 Å². The van der Waals surface area contributed by atoms with Crippen LogP contribution in [0, 0.1) is 0 Å². The van der Waals surface area contributed by atoms with Gasteiger partial charge in [-0.25, -0.2) is 4.79 Å². The summed E-state index contributed by atoms with van der Waals surface area (Å²) in [6.07, 6.45) is 1.22. The normalized spacial score (nSPS) is 15.6. The summed E-state index contributed by atoms with van der Waals surface area (Å²) in [5, 5.41) is 9.45. The molecule has 1 amide bonds. The van der Waals surface area contributed by atoms with Gasteiger partial charge < -0.3 is 10.0 Å². The fourth-order valence-electron chi connectivity index (χ4n) is 1.81. The molecule has 5 heteroatoms. The molecule has 1 saturated heterocycles. The molecule has 1 aliphatic rings. The van der Waals surface area contributed by atoms with Gasteiger partial charge in [0.15, 0.2) is 0 Å². The van der Waals surface area contributed by atoms with Crippen molar-refractivity contribution in [1.29, 1.82) is 0 Å². The van der Waals surface area contributed by atoms with Crippen LogP contribution in [0.3, 0.4) is 0 Å². The highest BCUT2D eigenvalue weighted by Crippen LogP contribution is 2.28. The number of nitrogens with zero attached hydrogens (tertiary/aromatic N) is 1. The maximum absolute atomic E-state index is 11.6. The minimum atomic E-state index is -1.05. The second-order valence-corrected chi connectivity index (χ2v) is 4.05. The molecule has 4 nitrogen and oxygen atoms in total. The number of halogens is 1. The van der Waals surface area contributed by atoms with Crippen molar-refractivity contribution in [1.82, 2.24) is 0 Å². The third kappa shape index (κ3) is 1.88. The summed E-state index contributed by atoms with van der Waals surface area (Å²) in [4.78, 5) is 24.0. The van der Waals surface area contributed by atoms with Crippen LogP contribution < -0.4 is 4.90 Å². The van der Waals surface area contributed by atoms with Gasteiger partial charge in [0.05, 0.1) is 11.3 Å². The predicted molar refractivity (Wildman–Crippen MR) is 60.0 cm³/mol. The Morgan fingerprint density at radius 1 is 1.44 bits per heavy atom. The van der Waals surface area contributed by atoms with E-state index in [0.29, 0.717) is 23.7 Å². The molecule has 84 valence electrons. The molecule has 0 aromatic heterocycles. The number of amides is 1. The lowest BCUT2D eigenvalue weighted by Gasteiger charge is -2.18. The molecule has 0 unspecified atom stereocenters. The minimum Gasteiger partial charge on any atom is -0.478 e. The zero-order valence-corrected chi connectivity index (χ0v) is 9.20. The molecule has 1 fully saturated rings. The number of hydrogen-bond acceptors (Lipinski definition) is 2. The van der Waals surface area contributed by atoms with E-state index in [1.165, 1.54) is 23.1 Å². The van der Waals surface area contributed by atoms with Crippen molar-refractivity contribution in [3.8, 4) is 0 Å². The van der Waals surface area contributed by atoms with Gasteiger partial charge in [0.2, 0.25) is 5.91 Å². The van der Waals surface area contributed by atoms with Crippen molar-refractivity contribution >= 4 is 29.2 Å². The van der Waals surface area contributed by atoms with E-state index in [1.54, 1.807) is 0 Å². The van der Waals surface area contributed by atoms with Gasteiger partial charge in [0.1, 0.15) is 0 Å².